The second-order valence-electron chi connectivity index (χ2n) is 2.87. The molecule has 0 saturated heterocycles. The van der Waals surface area contributed by atoms with Crippen molar-refractivity contribution < 1.29 is 4.74 Å². The van der Waals surface area contributed by atoms with E-state index in [1.807, 2.05) is 25.1 Å². The van der Waals surface area contributed by atoms with Gasteiger partial charge in [0.05, 0.1) is 11.6 Å². The van der Waals surface area contributed by atoms with Gasteiger partial charge in [-0.3, -0.25) is 0 Å². The van der Waals surface area contributed by atoms with Crippen LogP contribution in [0.3, 0.4) is 0 Å². The first-order valence-electron chi connectivity index (χ1n) is 4.49. The SMILES string of the molecule is CCOc1ccc(C(S)CN)cc1Cl. The maximum Gasteiger partial charge on any atom is 0.137 e. The molecular formula is C10H14ClNOS. The van der Waals surface area contributed by atoms with Gasteiger partial charge in [0.1, 0.15) is 5.75 Å². The molecule has 0 heterocycles. The molecule has 2 nitrogen and oxygen atoms in total. The summed E-state index contributed by atoms with van der Waals surface area (Å²) in [6.45, 7) is 3.03. The molecule has 1 aromatic carbocycles. The lowest BCUT2D eigenvalue weighted by atomic mass is 10.1. The maximum absolute atomic E-state index is 6.01. The quantitative estimate of drug-likeness (QED) is 0.782. The van der Waals surface area contributed by atoms with Gasteiger partial charge in [0, 0.05) is 11.8 Å². The van der Waals surface area contributed by atoms with Crippen LogP contribution in [-0.2, 0) is 0 Å². The van der Waals surface area contributed by atoms with Crippen LogP contribution in [0, 0.1) is 0 Å². The highest BCUT2D eigenvalue weighted by Gasteiger charge is 2.07. The van der Waals surface area contributed by atoms with Crippen LogP contribution in [0.2, 0.25) is 5.02 Å². The van der Waals surface area contributed by atoms with Gasteiger partial charge in [0.2, 0.25) is 0 Å². The Kier molecular flexibility index (Phi) is 4.58. The molecule has 2 N–H and O–H groups in total. The number of benzene rings is 1. The highest BCUT2D eigenvalue weighted by molar-refractivity contribution is 7.80. The van der Waals surface area contributed by atoms with Crippen molar-refractivity contribution in [2.24, 2.45) is 5.73 Å². The van der Waals surface area contributed by atoms with Gasteiger partial charge < -0.3 is 10.5 Å². The first-order valence-corrected chi connectivity index (χ1v) is 5.38. The van der Waals surface area contributed by atoms with Crippen LogP contribution in [0.1, 0.15) is 17.7 Å². The number of nitrogens with two attached hydrogens (primary N) is 1. The molecule has 0 fully saturated rings. The molecule has 0 aliphatic carbocycles. The Hall–Kier alpha value is -0.380. The first kappa shape index (κ1) is 11.7. The van der Waals surface area contributed by atoms with Crippen molar-refractivity contribution in [2.75, 3.05) is 13.2 Å². The van der Waals surface area contributed by atoms with E-state index >= 15 is 0 Å². The lowest BCUT2D eigenvalue weighted by Crippen LogP contribution is -2.06. The van der Waals surface area contributed by atoms with Crippen molar-refractivity contribution >= 4 is 24.2 Å². The van der Waals surface area contributed by atoms with Gasteiger partial charge >= 0.3 is 0 Å². The summed E-state index contributed by atoms with van der Waals surface area (Å²) in [5, 5.41) is 0.639. The largest absolute Gasteiger partial charge is 0.492 e. The fourth-order valence-corrected chi connectivity index (χ4v) is 1.54. The van der Waals surface area contributed by atoms with E-state index in [1.165, 1.54) is 0 Å². The Labute approximate surface area is 94.8 Å². The minimum absolute atomic E-state index is 0.0307. The van der Waals surface area contributed by atoms with Gasteiger partial charge in [0.15, 0.2) is 0 Å². The number of thiol groups is 1. The molecule has 0 radical (unpaired) electrons. The van der Waals surface area contributed by atoms with Crippen molar-refractivity contribution in [3.8, 4) is 5.75 Å². The van der Waals surface area contributed by atoms with E-state index in [9.17, 15) is 0 Å². The van der Waals surface area contributed by atoms with Crippen molar-refractivity contribution in [2.45, 2.75) is 12.2 Å². The predicted octanol–water partition coefficient (Wildman–Crippen LogP) is 2.67. The number of hydrogen-bond acceptors (Lipinski definition) is 3. The van der Waals surface area contributed by atoms with Crippen molar-refractivity contribution in [3.63, 3.8) is 0 Å². The molecule has 1 atom stereocenters. The predicted molar refractivity (Wildman–Crippen MR) is 63.4 cm³/mol. The van der Waals surface area contributed by atoms with Crippen LogP contribution < -0.4 is 10.5 Å². The van der Waals surface area contributed by atoms with Crippen LogP contribution >= 0.6 is 24.2 Å². The monoisotopic (exact) mass is 231 g/mol. The summed E-state index contributed by atoms with van der Waals surface area (Å²) < 4.78 is 5.32. The second-order valence-corrected chi connectivity index (χ2v) is 3.90. The van der Waals surface area contributed by atoms with Crippen LogP contribution in [0.4, 0.5) is 0 Å². The Morgan fingerprint density at radius 2 is 2.29 bits per heavy atom. The van der Waals surface area contributed by atoms with E-state index in [4.69, 9.17) is 22.1 Å². The zero-order valence-corrected chi connectivity index (χ0v) is 9.68. The van der Waals surface area contributed by atoms with E-state index in [0.29, 0.717) is 23.9 Å². The summed E-state index contributed by atoms with van der Waals surface area (Å²) in [5.41, 5.74) is 6.52. The summed E-state index contributed by atoms with van der Waals surface area (Å²) in [4.78, 5) is 0. The Balaban J connectivity index is 2.88. The van der Waals surface area contributed by atoms with Gasteiger partial charge in [-0.15, -0.1) is 0 Å². The fraction of sp³-hybridized carbons (Fsp3) is 0.400. The zero-order chi connectivity index (χ0) is 10.6. The first-order chi connectivity index (χ1) is 6.69. The normalized spacial score (nSPS) is 12.6. The van der Waals surface area contributed by atoms with Gasteiger partial charge in [-0.2, -0.15) is 12.6 Å². The van der Waals surface area contributed by atoms with E-state index < -0.39 is 0 Å². The van der Waals surface area contributed by atoms with Gasteiger partial charge in [-0.05, 0) is 24.6 Å². The topological polar surface area (TPSA) is 35.2 Å². The molecule has 0 bridgehead atoms. The average Bonchev–Trinajstić information content (AvgIpc) is 2.20. The van der Waals surface area contributed by atoms with Crippen LogP contribution in [0.5, 0.6) is 5.75 Å². The number of rotatable bonds is 4. The second kappa shape index (κ2) is 5.49. The summed E-state index contributed by atoms with van der Waals surface area (Å²) in [7, 11) is 0. The molecule has 78 valence electrons. The molecule has 0 amide bonds. The lowest BCUT2D eigenvalue weighted by Gasteiger charge is -2.11. The molecule has 0 saturated carbocycles. The van der Waals surface area contributed by atoms with Gasteiger partial charge in [-0.25, -0.2) is 0 Å². The fourth-order valence-electron chi connectivity index (χ4n) is 1.13. The Bertz CT molecular complexity index is 306. The summed E-state index contributed by atoms with van der Waals surface area (Å²) >= 11 is 10.3. The third-order valence-corrected chi connectivity index (χ3v) is 2.67. The molecule has 1 unspecified atom stereocenters. The third kappa shape index (κ3) is 2.80. The van der Waals surface area contributed by atoms with Crippen LogP contribution in [0.25, 0.3) is 0 Å². The van der Waals surface area contributed by atoms with E-state index in [0.717, 1.165) is 5.56 Å². The molecule has 4 heteroatoms. The summed E-state index contributed by atoms with van der Waals surface area (Å²) in [6, 6.07) is 5.62. The van der Waals surface area contributed by atoms with Gasteiger partial charge in [-0.1, -0.05) is 17.7 Å². The van der Waals surface area contributed by atoms with E-state index in [2.05, 4.69) is 12.6 Å². The molecule has 1 rings (SSSR count). The smallest absolute Gasteiger partial charge is 0.137 e. The Morgan fingerprint density at radius 3 is 2.79 bits per heavy atom. The van der Waals surface area contributed by atoms with Crippen molar-refractivity contribution in [3.05, 3.63) is 28.8 Å². The molecular weight excluding hydrogens is 218 g/mol. The van der Waals surface area contributed by atoms with E-state index in [1.54, 1.807) is 0 Å². The number of hydrogen-bond donors (Lipinski definition) is 2. The van der Waals surface area contributed by atoms with Crippen LogP contribution in [0.15, 0.2) is 18.2 Å². The maximum atomic E-state index is 6.01. The summed E-state index contributed by atoms with van der Waals surface area (Å²) in [6.07, 6.45) is 0. The zero-order valence-electron chi connectivity index (χ0n) is 8.03. The molecule has 0 aromatic heterocycles. The minimum Gasteiger partial charge on any atom is -0.492 e. The molecule has 1 aromatic rings. The average molecular weight is 232 g/mol. The third-order valence-electron chi connectivity index (χ3n) is 1.86. The van der Waals surface area contributed by atoms with Crippen molar-refractivity contribution in [1.29, 1.82) is 0 Å². The summed E-state index contributed by atoms with van der Waals surface area (Å²) in [5.74, 6) is 0.704. The highest BCUT2D eigenvalue weighted by atomic mass is 35.5. The molecule has 0 aliphatic heterocycles. The minimum atomic E-state index is 0.0307. The molecule has 0 spiro atoms. The lowest BCUT2D eigenvalue weighted by molar-refractivity contribution is 0.340. The van der Waals surface area contributed by atoms with Gasteiger partial charge in [0.25, 0.3) is 0 Å². The number of ether oxygens (including phenoxy) is 1. The molecule has 0 aliphatic rings. The molecule has 14 heavy (non-hydrogen) atoms. The van der Waals surface area contributed by atoms with E-state index in [-0.39, 0.29) is 5.25 Å². The standard InChI is InChI=1S/C10H14ClNOS/c1-2-13-9-4-3-7(5-8(9)11)10(14)6-12/h3-5,10,14H,2,6,12H2,1H3. The highest BCUT2D eigenvalue weighted by Crippen LogP contribution is 2.29. The Morgan fingerprint density at radius 1 is 1.57 bits per heavy atom. The van der Waals surface area contributed by atoms with Crippen molar-refractivity contribution in [1.82, 2.24) is 0 Å². The van der Waals surface area contributed by atoms with Crippen LogP contribution in [-0.4, -0.2) is 13.2 Å². The number of halogens is 1.